The molecule has 0 radical (unpaired) electrons. The minimum atomic E-state index is 0.0131. The van der Waals surface area contributed by atoms with Gasteiger partial charge in [-0.25, -0.2) is 0 Å². The van der Waals surface area contributed by atoms with Crippen molar-refractivity contribution in [2.24, 2.45) is 5.92 Å². The predicted molar refractivity (Wildman–Crippen MR) is 93.1 cm³/mol. The molecule has 2 fully saturated rings. The van der Waals surface area contributed by atoms with E-state index >= 15 is 0 Å². The quantitative estimate of drug-likeness (QED) is 0.819. The Balaban J connectivity index is 1.53. The number of carbonyl (C=O) groups is 2. The smallest absolute Gasteiger partial charge is 0.248 e. The average Bonchev–Trinajstić information content (AvgIpc) is 3.21. The van der Waals surface area contributed by atoms with Crippen molar-refractivity contribution in [1.29, 1.82) is 0 Å². The number of piperidine rings is 1. The van der Waals surface area contributed by atoms with Crippen LogP contribution in [0.5, 0.6) is 0 Å². The average molecular weight is 348 g/mol. The molecule has 1 unspecified atom stereocenters. The Labute approximate surface area is 148 Å². The van der Waals surface area contributed by atoms with Crippen LogP contribution in [0.4, 0.5) is 0 Å². The summed E-state index contributed by atoms with van der Waals surface area (Å²) in [5.74, 6) is 0.285. The Morgan fingerprint density at radius 1 is 1.16 bits per heavy atom. The van der Waals surface area contributed by atoms with E-state index < -0.39 is 0 Å². The maximum absolute atomic E-state index is 12.8. The molecule has 0 aromatic carbocycles. The zero-order valence-corrected chi connectivity index (χ0v) is 15.4. The molecule has 25 heavy (non-hydrogen) atoms. The van der Waals surface area contributed by atoms with E-state index in [0.29, 0.717) is 13.1 Å². The van der Waals surface area contributed by atoms with Crippen molar-refractivity contribution in [3.8, 4) is 0 Å². The van der Waals surface area contributed by atoms with Gasteiger partial charge in [-0.15, -0.1) is 0 Å². The van der Waals surface area contributed by atoms with E-state index in [2.05, 4.69) is 22.8 Å². The van der Waals surface area contributed by atoms with Gasteiger partial charge in [-0.2, -0.15) is 5.10 Å². The summed E-state index contributed by atoms with van der Waals surface area (Å²) in [6, 6.07) is 2.36. The number of methoxy groups -OCH3 is 1. The first-order valence-electron chi connectivity index (χ1n) is 9.08. The van der Waals surface area contributed by atoms with Gasteiger partial charge in [0.15, 0.2) is 0 Å². The molecule has 0 spiro atoms. The SMILES string of the molecule is COCC(=O)N1CCC(C(=O)N2CCC(n3nc(C)cc3C)C2)CC1. The number of ether oxygens (including phenoxy) is 1. The number of carbonyl (C=O) groups excluding carboxylic acids is 2. The summed E-state index contributed by atoms with van der Waals surface area (Å²) in [5.41, 5.74) is 2.18. The van der Waals surface area contributed by atoms with Crippen LogP contribution in [-0.2, 0) is 14.3 Å². The van der Waals surface area contributed by atoms with Gasteiger partial charge in [-0.05, 0) is 39.2 Å². The van der Waals surface area contributed by atoms with Crippen molar-refractivity contribution in [3.63, 3.8) is 0 Å². The molecule has 0 saturated carbocycles. The molecule has 7 nitrogen and oxygen atoms in total. The summed E-state index contributed by atoms with van der Waals surface area (Å²) in [4.78, 5) is 28.5. The second kappa shape index (κ2) is 7.56. The standard InChI is InChI=1S/C18H28N4O3/c1-13-10-14(2)22(19-13)16-6-9-21(11-16)18(24)15-4-7-20(8-5-15)17(23)12-25-3/h10,15-16H,4-9,11-12H2,1-3H3. The third kappa shape index (κ3) is 3.86. The fourth-order valence-corrected chi connectivity index (χ4v) is 4.01. The molecule has 3 heterocycles. The van der Waals surface area contributed by atoms with Gasteiger partial charge < -0.3 is 14.5 Å². The molecule has 1 aromatic rings. The normalized spacial score (nSPS) is 21.8. The molecule has 1 aromatic heterocycles. The molecule has 138 valence electrons. The summed E-state index contributed by atoms with van der Waals surface area (Å²) >= 11 is 0. The van der Waals surface area contributed by atoms with Crippen LogP contribution in [-0.4, -0.2) is 71.3 Å². The van der Waals surface area contributed by atoms with Crippen LogP contribution in [0.2, 0.25) is 0 Å². The largest absolute Gasteiger partial charge is 0.375 e. The molecule has 1 atom stereocenters. The number of nitrogens with zero attached hydrogens (tertiary/aromatic N) is 4. The minimum absolute atomic E-state index is 0.0131. The zero-order valence-electron chi connectivity index (χ0n) is 15.4. The maximum atomic E-state index is 12.8. The summed E-state index contributed by atoms with van der Waals surface area (Å²) < 4.78 is 6.97. The molecule has 2 aliphatic rings. The highest BCUT2D eigenvalue weighted by atomic mass is 16.5. The van der Waals surface area contributed by atoms with Gasteiger partial charge in [0.25, 0.3) is 0 Å². The highest BCUT2D eigenvalue weighted by Crippen LogP contribution is 2.27. The van der Waals surface area contributed by atoms with E-state index in [1.807, 2.05) is 11.8 Å². The van der Waals surface area contributed by atoms with Crippen LogP contribution in [0.25, 0.3) is 0 Å². The third-order valence-corrected chi connectivity index (χ3v) is 5.33. The first kappa shape index (κ1) is 17.9. The highest BCUT2D eigenvalue weighted by molar-refractivity contribution is 5.80. The Kier molecular flexibility index (Phi) is 5.42. The second-order valence-electron chi connectivity index (χ2n) is 7.19. The Morgan fingerprint density at radius 3 is 2.44 bits per heavy atom. The topological polar surface area (TPSA) is 67.7 Å². The van der Waals surface area contributed by atoms with Crippen molar-refractivity contribution < 1.29 is 14.3 Å². The van der Waals surface area contributed by atoms with Crippen LogP contribution in [0.1, 0.15) is 36.7 Å². The highest BCUT2D eigenvalue weighted by Gasteiger charge is 2.34. The Morgan fingerprint density at radius 2 is 1.84 bits per heavy atom. The van der Waals surface area contributed by atoms with Crippen LogP contribution in [0.15, 0.2) is 6.07 Å². The molecule has 2 amide bonds. The first-order chi connectivity index (χ1) is 12.0. The molecule has 7 heteroatoms. The van der Waals surface area contributed by atoms with Crippen molar-refractivity contribution in [2.75, 3.05) is 39.9 Å². The molecular formula is C18H28N4O3. The second-order valence-corrected chi connectivity index (χ2v) is 7.19. The van der Waals surface area contributed by atoms with Gasteiger partial charge in [0, 0.05) is 44.9 Å². The lowest BCUT2D eigenvalue weighted by molar-refractivity contribution is -0.141. The van der Waals surface area contributed by atoms with Crippen molar-refractivity contribution in [1.82, 2.24) is 19.6 Å². The van der Waals surface area contributed by atoms with Crippen LogP contribution in [0, 0.1) is 19.8 Å². The van der Waals surface area contributed by atoms with Crippen molar-refractivity contribution >= 4 is 11.8 Å². The van der Waals surface area contributed by atoms with E-state index in [0.717, 1.165) is 43.7 Å². The number of hydrogen-bond acceptors (Lipinski definition) is 4. The Hall–Kier alpha value is -1.89. The number of aromatic nitrogens is 2. The summed E-state index contributed by atoms with van der Waals surface area (Å²) in [5, 5.41) is 4.57. The van der Waals surface area contributed by atoms with Gasteiger partial charge in [0.05, 0.1) is 11.7 Å². The number of aryl methyl sites for hydroxylation is 2. The van der Waals surface area contributed by atoms with Crippen molar-refractivity contribution in [2.45, 2.75) is 39.2 Å². The molecular weight excluding hydrogens is 320 g/mol. The van der Waals surface area contributed by atoms with Crippen LogP contribution >= 0.6 is 0 Å². The fraction of sp³-hybridized carbons (Fsp3) is 0.722. The number of hydrogen-bond donors (Lipinski definition) is 0. The third-order valence-electron chi connectivity index (χ3n) is 5.33. The lowest BCUT2D eigenvalue weighted by atomic mass is 9.95. The summed E-state index contributed by atoms with van der Waals surface area (Å²) in [6.45, 7) is 7.02. The number of amides is 2. The molecule has 0 aliphatic carbocycles. The molecule has 3 rings (SSSR count). The number of rotatable bonds is 4. The molecule has 2 aliphatic heterocycles. The van der Waals surface area contributed by atoms with E-state index in [-0.39, 0.29) is 30.4 Å². The van der Waals surface area contributed by atoms with Crippen molar-refractivity contribution in [3.05, 3.63) is 17.5 Å². The monoisotopic (exact) mass is 348 g/mol. The van der Waals surface area contributed by atoms with Gasteiger partial charge >= 0.3 is 0 Å². The van der Waals surface area contributed by atoms with Gasteiger partial charge in [-0.1, -0.05) is 0 Å². The fourth-order valence-electron chi connectivity index (χ4n) is 4.01. The molecule has 0 bridgehead atoms. The molecule has 0 N–H and O–H groups in total. The summed E-state index contributed by atoms with van der Waals surface area (Å²) in [7, 11) is 1.53. The predicted octanol–water partition coefficient (Wildman–Crippen LogP) is 1.16. The van der Waals surface area contributed by atoms with Crippen LogP contribution in [0.3, 0.4) is 0 Å². The van der Waals surface area contributed by atoms with E-state index in [9.17, 15) is 9.59 Å². The van der Waals surface area contributed by atoms with Gasteiger partial charge in [0.2, 0.25) is 11.8 Å². The molecule has 2 saturated heterocycles. The zero-order chi connectivity index (χ0) is 18.0. The first-order valence-corrected chi connectivity index (χ1v) is 9.08. The maximum Gasteiger partial charge on any atom is 0.248 e. The lowest BCUT2D eigenvalue weighted by Gasteiger charge is -2.33. The van der Waals surface area contributed by atoms with Gasteiger partial charge in [0.1, 0.15) is 6.61 Å². The Bertz CT molecular complexity index is 634. The van der Waals surface area contributed by atoms with E-state index in [4.69, 9.17) is 4.74 Å². The van der Waals surface area contributed by atoms with E-state index in [1.165, 1.54) is 7.11 Å². The number of likely N-dealkylation sites (tertiary alicyclic amines) is 2. The van der Waals surface area contributed by atoms with Crippen LogP contribution < -0.4 is 0 Å². The van der Waals surface area contributed by atoms with E-state index in [1.54, 1.807) is 4.90 Å². The summed E-state index contributed by atoms with van der Waals surface area (Å²) in [6.07, 6.45) is 2.45. The minimum Gasteiger partial charge on any atom is -0.375 e. The van der Waals surface area contributed by atoms with Gasteiger partial charge in [-0.3, -0.25) is 14.3 Å². The lowest BCUT2D eigenvalue weighted by Crippen LogP contribution is -2.44.